The van der Waals surface area contributed by atoms with Gasteiger partial charge in [-0.3, -0.25) is 0 Å². The molecule has 0 bridgehead atoms. The van der Waals surface area contributed by atoms with E-state index in [-0.39, 0.29) is 16.2 Å². The molecule has 0 saturated carbocycles. The first-order valence-corrected chi connectivity index (χ1v) is 18.4. The molecule has 0 fully saturated rings. The molecule has 10 rings (SSSR count). The molecule has 0 heteroatoms. The molecular formula is C51H42. The van der Waals surface area contributed by atoms with E-state index in [4.69, 9.17) is 0 Å². The first kappa shape index (κ1) is 30.4. The molecule has 0 unspecified atom stereocenters. The van der Waals surface area contributed by atoms with Crippen molar-refractivity contribution in [1.82, 2.24) is 0 Å². The normalized spacial score (nSPS) is 16.1. The Bertz CT molecular complexity index is 2610. The fourth-order valence-corrected chi connectivity index (χ4v) is 9.74. The minimum Gasteiger partial charge on any atom is -0.0619 e. The number of hydrogen-bond donors (Lipinski definition) is 0. The number of benzene rings is 7. The summed E-state index contributed by atoms with van der Waals surface area (Å²) in [6.07, 6.45) is 0. The fourth-order valence-electron chi connectivity index (χ4n) is 9.74. The third kappa shape index (κ3) is 4.20. The third-order valence-electron chi connectivity index (χ3n) is 12.7. The van der Waals surface area contributed by atoms with Crippen LogP contribution in [0.5, 0.6) is 0 Å². The molecule has 3 aliphatic rings. The standard InChI is InChI=1S/C51H42/c1-49(2)43-16-9-7-14-37(43)39-22-18-33(27-45(39)49)31-12-11-13-32(26-31)34-19-24-41-42-25-21-36(30-48(42)51(5,6)47(41)28-34)35-20-23-40-38-15-8-10-17-44(38)50(3,4)46(40)29-35/h7-30H,1-6H3. The van der Waals surface area contributed by atoms with Crippen LogP contribution in [-0.2, 0) is 16.2 Å². The summed E-state index contributed by atoms with van der Waals surface area (Å²) in [5.74, 6) is 0. The largest absolute Gasteiger partial charge is 0.0619 e. The summed E-state index contributed by atoms with van der Waals surface area (Å²) in [5.41, 5.74) is 24.2. The van der Waals surface area contributed by atoms with Gasteiger partial charge in [-0.05, 0) is 130 Å². The number of rotatable bonds is 3. The second-order valence-corrected chi connectivity index (χ2v) is 16.6. The molecule has 0 heterocycles. The van der Waals surface area contributed by atoms with E-state index in [0.717, 1.165) is 0 Å². The van der Waals surface area contributed by atoms with Crippen LogP contribution in [0.25, 0.3) is 66.8 Å². The van der Waals surface area contributed by atoms with E-state index in [1.165, 1.54) is 100 Å². The van der Waals surface area contributed by atoms with Gasteiger partial charge in [0.05, 0.1) is 0 Å². The number of fused-ring (bicyclic) bond motifs is 9. The van der Waals surface area contributed by atoms with E-state index < -0.39 is 0 Å². The topological polar surface area (TPSA) is 0 Å². The Morgan fingerprint density at radius 1 is 0.235 bits per heavy atom. The molecule has 0 spiro atoms. The highest BCUT2D eigenvalue weighted by Gasteiger charge is 2.38. The molecule has 0 amide bonds. The van der Waals surface area contributed by atoms with Crippen molar-refractivity contribution in [3.05, 3.63) is 179 Å². The molecule has 7 aromatic rings. The second kappa shape index (κ2) is 10.3. The summed E-state index contributed by atoms with van der Waals surface area (Å²) in [6, 6.07) is 55.3. The molecule has 0 saturated heterocycles. The summed E-state index contributed by atoms with van der Waals surface area (Å²) >= 11 is 0. The summed E-state index contributed by atoms with van der Waals surface area (Å²) < 4.78 is 0. The molecule has 0 N–H and O–H groups in total. The van der Waals surface area contributed by atoms with E-state index in [1.54, 1.807) is 0 Å². The molecule has 0 aliphatic heterocycles. The Balaban J connectivity index is 0.990. The van der Waals surface area contributed by atoms with Crippen molar-refractivity contribution in [2.45, 2.75) is 57.8 Å². The first-order chi connectivity index (χ1) is 24.5. The van der Waals surface area contributed by atoms with Crippen LogP contribution in [0.4, 0.5) is 0 Å². The number of hydrogen-bond acceptors (Lipinski definition) is 0. The maximum atomic E-state index is 2.46. The van der Waals surface area contributed by atoms with Crippen molar-refractivity contribution < 1.29 is 0 Å². The lowest BCUT2D eigenvalue weighted by molar-refractivity contribution is 0.659. The van der Waals surface area contributed by atoms with Crippen molar-refractivity contribution in [1.29, 1.82) is 0 Å². The van der Waals surface area contributed by atoms with E-state index in [2.05, 4.69) is 187 Å². The molecule has 0 nitrogen and oxygen atoms in total. The van der Waals surface area contributed by atoms with Crippen LogP contribution >= 0.6 is 0 Å². The van der Waals surface area contributed by atoms with Gasteiger partial charge in [-0.15, -0.1) is 0 Å². The lowest BCUT2D eigenvalue weighted by atomic mass is 9.80. The maximum Gasteiger partial charge on any atom is 0.0159 e. The van der Waals surface area contributed by atoms with Gasteiger partial charge in [0.2, 0.25) is 0 Å². The molecule has 7 aromatic carbocycles. The lowest BCUT2D eigenvalue weighted by Crippen LogP contribution is -2.15. The summed E-state index contributed by atoms with van der Waals surface area (Å²) in [6.45, 7) is 14.2. The maximum absolute atomic E-state index is 2.46. The predicted octanol–water partition coefficient (Wildman–Crippen LogP) is 13.6. The van der Waals surface area contributed by atoms with Gasteiger partial charge in [0.1, 0.15) is 0 Å². The van der Waals surface area contributed by atoms with Gasteiger partial charge in [0.15, 0.2) is 0 Å². The zero-order valence-electron chi connectivity index (χ0n) is 30.4. The van der Waals surface area contributed by atoms with Crippen LogP contribution in [-0.4, -0.2) is 0 Å². The van der Waals surface area contributed by atoms with E-state index in [0.29, 0.717) is 0 Å². The second-order valence-electron chi connectivity index (χ2n) is 16.6. The Morgan fingerprint density at radius 2 is 0.510 bits per heavy atom. The predicted molar refractivity (Wildman–Crippen MR) is 215 cm³/mol. The van der Waals surface area contributed by atoms with Crippen molar-refractivity contribution in [2.24, 2.45) is 0 Å². The Kier molecular flexibility index (Phi) is 6.13. The van der Waals surface area contributed by atoms with Gasteiger partial charge in [-0.2, -0.15) is 0 Å². The van der Waals surface area contributed by atoms with Crippen molar-refractivity contribution in [2.75, 3.05) is 0 Å². The quantitative estimate of drug-likeness (QED) is 0.178. The van der Waals surface area contributed by atoms with Gasteiger partial charge in [-0.1, -0.05) is 157 Å². The molecule has 3 aliphatic carbocycles. The van der Waals surface area contributed by atoms with E-state index in [1.807, 2.05) is 0 Å². The Morgan fingerprint density at radius 3 is 0.863 bits per heavy atom. The van der Waals surface area contributed by atoms with E-state index >= 15 is 0 Å². The minimum atomic E-state index is -0.110. The van der Waals surface area contributed by atoms with Crippen molar-refractivity contribution >= 4 is 0 Å². The van der Waals surface area contributed by atoms with E-state index in [9.17, 15) is 0 Å². The third-order valence-corrected chi connectivity index (χ3v) is 12.7. The molecule has 0 atom stereocenters. The zero-order valence-corrected chi connectivity index (χ0v) is 30.4. The van der Waals surface area contributed by atoms with Crippen LogP contribution in [0.3, 0.4) is 0 Å². The molecular weight excluding hydrogens is 613 g/mol. The molecule has 0 aromatic heterocycles. The van der Waals surface area contributed by atoms with Gasteiger partial charge in [0.25, 0.3) is 0 Å². The average molecular weight is 655 g/mol. The Labute approximate surface area is 302 Å². The highest BCUT2D eigenvalue weighted by molar-refractivity contribution is 5.89. The molecule has 246 valence electrons. The lowest BCUT2D eigenvalue weighted by Gasteiger charge is -2.23. The van der Waals surface area contributed by atoms with Crippen LogP contribution in [0.1, 0.15) is 74.9 Å². The van der Waals surface area contributed by atoms with Crippen molar-refractivity contribution in [3.8, 4) is 66.8 Å². The summed E-state index contributed by atoms with van der Waals surface area (Å²) in [4.78, 5) is 0. The highest BCUT2D eigenvalue weighted by atomic mass is 14.4. The van der Waals surface area contributed by atoms with Crippen LogP contribution in [0.15, 0.2) is 146 Å². The molecule has 51 heavy (non-hydrogen) atoms. The first-order valence-electron chi connectivity index (χ1n) is 18.4. The summed E-state index contributed by atoms with van der Waals surface area (Å²) in [5, 5.41) is 0. The zero-order chi connectivity index (χ0) is 34.9. The van der Waals surface area contributed by atoms with Gasteiger partial charge in [-0.25, -0.2) is 0 Å². The highest BCUT2D eigenvalue weighted by Crippen LogP contribution is 2.53. The fraction of sp³-hybridized carbons (Fsp3) is 0.176. The van der Waals surface area contributed by atoms with Crippen molar-refractivity contribution in [3.63, 3.8) is 0 Å². The van der Waals surface area contributed by atoms with Gasteiger partial charge < -0.3 is 0 Å². The van der Waals surface area contributed by atoms with Gasteiger partial charge in [0, 0.05) is 16.2 Å². The average Bonchev–Trinajstić information content (AvgIpc) is 3.63. The minimum absolute atomic E-state index is 0.00906. The van der Waals surface area contributed by atoms with Crippen LogP contribution < -0.4 is 0 Å². The van der Waals surface area contributed by atoms with Gasteiger partial charge >= 0.3 is 0 Å². The monoisotopic (exact) mass is 654 g/mol. The Hall–Kier alpha value is -5.46. The molecule has 0 radical (unpaired) electrons. The van der Waals surface area contributed by atoms with Crippen LogP contribution in [0, 0.1) is 0 Å². The SMILES string of the molecule is CC1(C)c2ccccc2-c2ccc(-c3cccc(-c4ccc5c(c4)C(C)(C)c4cc(-c6ccc7c(c6)C(C)(C)c6ccccc6-7)ccc4-5)c3)cc21. The summed E-state index contributed by atoms with van der Waals surface area (Å²) in [7, 11) is 0. The van der Waals surface area contributed by atoms with Crippen LogP contribution in [0.2, 0.25) is 0 Å². The smallest absolute Gasteiger partial charge is 0.0159 e.